The van der Waals surface area contributed by atoms with Crippen LogP contribution in [0.15, 0.2) is 22.4 Å². The van der Waals surface area contributed by atoms with Crippen LogP contribution in [0.4, 0.5) is 17.6 Å². The van der Waals surface area contributed by atoms with Crippen LogP contribution in [0.25, 0.3) is 22.4 Å². The average molecular weight is 415 g/mol. The molecule has 4 rings (SSSR count). The van der Waals surface area contributed by atoms with Crippen molar-refractivity contribution in [3.05, 3.63) is 33.1 Å². The van der Waals surface area contributed by atoms with Gasteiger partial charge in [-0.1, -0.05) is 0 Å². The molecule has 1 fully saturated rings. The van der Waals surface area contributed by atoms with E-state index in [1.54, 1.807) is 0 Å². The molecule has 0 unspecified atom stereocenters. The number of carbonyl (C=O) groups excluding carboxylic acids is 1. The third kappa shape index (κ3) is 3.07. The molecule has 28 heavy (non-hydrogen) atoms. The molecular formula is C16H13F4N5O2S. The number of likely N-dealkylation sites (tertiary alicyclic amines) is 1. The smallest absolute Gasteiger partial charge is 0.335 e. The van der Waals surface area contributed by atoms with Crippen molar-refractivity contribution < 1.29 is 22.4 Å². The zero-order chi connectivity index (χ0) is 20.2. The summed E-state index contributed by atoms with van der Waals surface area (Å²) in [5.74, 6) is -0.415. The Morgan fingerprint density at radius 1 is 1.36 bits per heavy atom. The molecule has 1 saturated heterocycles. The second-order valence-corrected chi connectivity index (χ2v) is 7.28. The molecule has 1 aliphatic heterocycles. The normalized spacial score (nSPS) is 15.2. The highest BCUT2D eigenvalue weighted by Gasteiger charge is 2.35. The van der Waals surface area contributed by atoms with E-state index >= 15 is 0 Å². The number of pyridine rings is 1. The van der Waals surface area contributed by atoms with Gasteiger partial charge in [0.2, 0.25) is 5.91 Å². The van der Waals surface area contributed by atoms with Gasteiger partial charge in [0.25, 0.3) is 0 Å². The maximum absolute atomic E-state index is 13.0. The van der Waals surface area contributed by atoms with Gasteiger partial charge in [0, 0.05) is 24.2 Å². The molecule has 0 atom stereocenters. The summed E-state index contributed by atoms with van der Waals surface area (Å²) in [7, 11) is 1.48. The van der Waals surface area contributed by atoms with Crippen molar-refractivity contribution in [2.24, 2.45) is 7.05 Å². The fourth-order valence-corrected chi connectivity index (χ4v) is 3.67. The van der Waals surface area contributed by atoms with Gasteiger partial charge >= 0.3 is 11.9 Å². The summed E-state index contributed by atoms with van der Waals surface area (Å²) < 4.78 is 53.8. The second kappa shape index (κ2) is 6.40. The minimum Gasteiger partial charge on any atom is -0.335 e. The molecule has 0 N–H and O–H groups in total. The molecule has 7 nitrogen and oxygen atoms in total. The molecule has 0 aromatic carbocycles. The van der Waals surface area contributed by atoms with Gasteiger partial charge in [0.1, 0.15) is 12.7 Å². The lowest BCUT2D eigenvalue weighted by Crippen LogP contribution is -2.52. The van der Waals surface area contributed by atoms with Gasteiger partial charge in [-0.25, -0.2) is 19.2 Å². The highest BCUT2D eigenvalue weighted by molar-refractivity contribution is 7.10. The van der Waals surface area contributed by atoms with Gasteiger partial charge < -0.3 is 4.90 Å². The van der Waals surface area contributed by atoms with E-state index in [2.05, 4.69) is 9.97 Å². The van der Waals surface area contributed by atoms with E-state index in [9.17, 15) is 27.2 Å². The first-order valence-electron chi connectivity index (χ1n) is 8.15. The molecule has 148 valence electrons. The van der Waals surface area contributed by atoms with Crippen molar-refractivity contribution in [1.29, 1.82) is 0 Å². The molecule has 1 aliphatic rings. The zero-order valence-corrected chi connectivity index (χ0v) is 15.2. The number of nitrogens with zero attached hydrogens (tertiary/aromatic N) is 5. The SMILES string of the molecule is Cn1c(=O)n(CC(=O)N2CC(F)C2)c2cc(-c3csc(C(F)(F)F)n3)cnc21. The van der Waals surface area contributed by atoms with Crippen molar-refractivity contribution in [2.45, 2.75) is 18.9 Å². The highest BCUT2D eigenvalue weighted by Crippen LogP contribution is 2.34. The fourth-order valence-electron chi connectivity index (χ4n) is 2.97. The van der Waals surface area contributed by atoms with Crippen molar-refractivity contribution in [1.82, 2.24) is 24.0 Å². The second-order valence-electron chi connectivity index (χ2n) is 6.43. The van der Waals surface area contributed by atoms with E-state index < -0.39 is 29.0 Å². The molecule has 12 heteroatoms. The summed E-state index contributed by atoms with van der Waals surface area (Å²) in [6.07, 6.45) is -4.28. The van der Waals surface area contributed by atoms with Crippen molar-refractivity contribution >= 4 is 28.4 Å². The third-order valence-electron chi connectivity index (χ3n) is 4.50. The van der Waals surface area contributed by atoms with Crippen LogP contribution >= 0.6 is 11.3 Å². The van der Waals surface area contributed by atoms with Crippen molar-refractivity contribution in [2.75, 3.05) is 13.1 Å². The van der Waals surface area contributed by atoms with E-state index in [1.807, 2.05) is 0 Å². The maximum atomic E-state index is 13.0. The first-order valence-corrected chi connectivity index (χ1v) is 9.03. The first-order chi connectivity index (χ1) is 13.1. The van der Waals surface area contributed by atoms with Gasteiger partial charge in [-0.2, -0.15) is 13.2 Å². The predicted octanol–water partition coefficient (Wildman–Crippen LogP) is 2.06. The largest absolute Gasteiger partial charge is 0.443 e. The minimum absolute atomic E-state index is 0.0130. The quantitative estimate of drug-likeness (QED) is 0.614. The van der Waals surface area contributed by atoms with Crippen LogP contribution in [0.5, 0.6) is 0 Å². The predicted molar refractivity (Wildman–Crippen MR) is 92.6 cm³/mol. The number of fused-ring (bicyclic) bond motifs is 1. The minimum atomic E-state index is -4.55. The highest BCUT2D eigenvalue weighted by atomic mass is 32.1. The Bertz CT molecular complexity index is 1130. The number of imidazole rings is 1. The van der Waals surface area contributed by atoms with Gasteiger partial charge in [-0.3, -0.25) is 13.9 Å². The number of hydrogen-bond acceptors (Lipinski definition) is 5. The Hall–Kier alpha value is -2.76. The number of rotatable bonds is 3. The molecule has 0 saturated carbocycles. The Balaban J connectivity index is 1.73. The van der Waals surface area contributed by atoms with Crippen LogP contribution in [0, 0.1) is 0 Å². The lowest BCUT2D eigenvalue weighted by molar-refractivity contribution is -0.139. The molecule has 0 aliphatic carbocycles. The average Bonchev–Trinajstić information content (AvgIpc) is 3.19. The van der Waals surface area contributed by atoms with Crippen LogP contribution < -0.4 is 5.69 Å². The van der Waals surface area contributed by atoms with E-state index in [4.69, 9.17) is 0 Å². The van der Waals surface area contributed by atoms with E-state index in [0.717, 1.165) is 0 Å². The van der Waals surface area contributed by atoms with Crippen LogP contribution in [0.1, 0.15) is 5.01 Å². The zero-order valence-electron chi connectivity index (χ0n) is 14.4. The van der Waals surface area contributed by atoms with Crippen LogP contribution in [0.3, 0.4) is 0 Å². The number of aromatic nitrogens is 4. The summed E-state index contributed by atoms with van der Waals surface area (Å²) in [5, 5.41) is 0.269. The molecular weight excluding hydrogens is 402 g/mol. The fraction of sp³-hybridized carbons (Fsp3) is 0.375. The summed E-state index contributed by atoms with van der Waals surface area (Å²) in [4.78, 5) is 33.8. The van der Waals surface area contributed by atoms with E-state index in [0.29, 0.717) is 16.9 Å². The Morgan fingerprint density at radius 3 is 2.68 bits per heavy atom. The van der Waals surface area contributed by atoms with Gasteiger partial charge in [0.15, 0.2) is 10.7 Å². The molecule has 3 aromatic heterocycles. The summed E-state index contributed by atoms with van der Waals surface area (Å²) >= 11 is 0.461. The molecule has 3 aromatic rings. The van der Waals surface area contributed by atoms with Gasteiger partial charge in [0.05, 0.1) is 24.3 Å². The number of carbonyl (C=O) groups is 1. The van der Waals surface area contributed by atoms with E-state index in [1.165, 1.54) is 38.7 Å². The van der Waals surface area contributed by atoms with Crippen molar-refractivity contribution in [3.8, 4) is 11.3 Å². The molecule has 0 radical (unpaired) electrons. The van der Waals surface area contributed by atoms with Crippen LogP contribution in [0.2, 0.25) is 0 Å². The topological polar surface area (TPSA) is 73.0 Å². The molecule has 1 amide bonds. The summed E-state index contributed by atoms with van der Waals surface area (Å²) in [5.41, 5.74) is 0.430. The number of thiazole rings is 1. The number of halogens is 4. The van der Waals surface area contributed by atoms with Crippen LogP contribution in [-0.2, 0) is 24.6 Å². The number of amides is 1. The number of aryl methyl sites for hydroxylation is 1. The Kier molecular flexibility index (Phi) is 4.25. The molecule has 0 bridgehead atoms. The van der Waals surface area contributed by atoms with Crippen molar-refractivity contribution in [3.63, 3.8) is 0 Å². The molecule has 0 spiro atoms. The van der Waals surface area contributed by atoms with E-state index in [-0.39, 0.29) is 36.5 Å². The lowest BCUT2D eigenvalue weighted by Gasteiger charge is -2.34. The monoisotopic (exact) mass is 415 g/mol. The van der Waals surface area contributed by atoms with Gasteiger partial charge in [-0.05, 0) is 6.07 Å². The lowest BCUT2D eigenvalue weighted by atomic mass is 10.2. The standard InChI is InChI=1S/C16H13F4N5O2S/c1-23-13-11(25(15(23)27)6-12(26)24-4-9(17)5-24)2-8(3-21-13)10-7-28-14(22-10)16(18,19)20/h2-3,7,9H,4-6H2,1H3. The summed E-state index contributed by atoms with van der Waals surface area (Å²) in [6, 6.07) is 1.47. The maximum Gasteiger partial charge on any atom is 0.443 e. The first kappa shape index (κ1) is 18.6. The van der Waals surface area contributed by atoms with Gasteiger partial charge in [-0.15, -0.1) is 11.3 Å². The Morgan fingerprint density at radius 2 is 2.07 bits per heavy atom. The third-order valence-corrected chi connectivity index (χ3v) is 5.39. The Labute approximate surface area is 158 Å². The number of hydrogen-bond donors (Lipinski definition) is 0. The molecule has 4 heterocycles. The van der Waals surface area contributed by atoms with Crippen LogP contribution in [-0.4, -0.2) is 49.2 Å². The number of alkyl halides is 4. The summed E-state index contributed by atoms with van der Waals surface area (Å²) in [6.45, 7) is -0.333.